The number of rotatable bonds is 5. The van der Waals surface area contributed by atoms with Crippen LogP contribution in [-0.4, -0.2) is 12.6 Å². The molecule has 2 unspecified atom stereocenters. The molecule has 0 radical (unpaired) electrons. The molecule has 1 N–H and O–H groups in total. The SMILES string of the molecule is CC1CCC(NCCCc2cccs2)C1. The molecular weight excluding hydrogens is 202 g/mol. The molecule has 1 fully saturated rings. The average molecular weight is 223 g/mol. The summed E-state index contributed by atoms with van der Waals surface area (Å²) < 4.78 is 0. The van der Waals surface area contributed by atoms with Gasteiger partial charge in [0.15, 0.2) is 0 Å². The van der Waals surface area contributed by atoms with Crippen LogP contribution in [0.5, 0.6) is 0 Å². The molecule has 0 spiro atoms. The second-order valence-electron chi connectivity index (χ2n) is 4.75. The minimum absolute atomic E-state index is 0.809. The summed E-state index contributed by atoms with van der Waals surface area (Å²) in [5.74, 6) is 0.944. The molecule has 2 heteroatoms. The van der Waals surface area contributed by atoms with Gasteiger partial charge in [0.2, 0.25) is 0 Å². The topological polar surface area (TPSA) is 12.0 Å². The van der Waals surface area contributed by atoms with Crippen LogP contribution in [-0.2, 0) is 6.42 Å². The van der Waals surface area contributed by atoms with E-state index in [9.17, 15) is 0 Å². The monoisotopic (exact) mass is 223 g/mol. The summed E-state index contributed by atoms with van der Waals surface area (Å²) in [6, 6.07) is 5.19. The summed E-state index contributed by atoms with van der Waals surface area (Å²) >= 11 is 1.88. The quantitative estimate of drug-likeness (QED) is 0.754. The molecule has 0 aliphatic heterocycles. The lowest BCUT2D eigenvalue weighted by atomic mass is 10.1. The van der Waals surface area contributed by atoms with E-state index in [1.807, 2.05) is 11.3 Å². The number of hydrogen-bond donors (Lipinski definition) is 1. The second-order valence-corrected chi connectivity index (χ2v) is 5.78. The number of thiophene rings is 1. The first-order chi connectivity index (χ1) is 7.34. The highest BCUT2D eigenvalue weighted by molar-refractivity contribution is 7.09. The Morgan fingerprint density at radius 1 is 1.47 bits per heavy atom. The maximum Gasteiger partial charge on any atom is 0.00697 e. The first kappa shape index (κ1) is 11.2. The van der Waals surface area contributed by atoms with Crippen LogP contribution in [0.3, 0.4) is 0 Å². The van der Waals surface area contributed by atoms with Crippen molar-refractivity contribution in [3.8, 4) is 0 Å². The smallest absolute Gasteiger partial charge is 0.00697 e. The van der Waals surface area contributed by atoms with E-state index in [0.29, 0.717) is 0 Å². The van der Waals surface area contributed by atoms with E-state index < -0.39 is 0 Å². The van der Waals surface area contributed by atoms with E-state index in [-0.39, 0.29) is 0 Å². The highest BCUT2D eigenvalue weighted by Gasteiger charge is 2.19. The molecule has 2 atom stereocenters. The molecule has 1 aliphatic rings. The van der Waals surface area contributed by atoms with Crippen LogP contribution in [0.1, 0.15) is 37.5 Å². The van der Waals surface area contributed by atoms with Gasteiger partial charge in [-0.2, -0.15) is 0 Å². The Morgan fingerprint density at radius 2 is 2.40 bits per heavy atom. The maximum absolute atomic E-state index is 3.68. The predicted molar refractivity (Wildman–Crippen MR) is 67.4 cm³/mol. The van der Waals surface area contributed by atoms with E-state index in [4.69, 9.17) is 0 Å². The Morgan fingerprint density at radius 3 is 3.07 bits per heavy atom. The zero-order chi connectivity index (χ0) is 10.5. The van der Waals surface area contributed by atoms with Gasteiger partial charge in [0.25, 0.3) is 0 Å². The molecule has 0 amide bonds. The third-order valence-electron chi connectivity index (χ3n) is 3.31. The van der Waals surface area contributed by atoms with Gasteiger partial charge in [0, 0.05) is 10.9 Å². The summed E-state index contributed by atoms with van der Waals surface area (Å²) in [7, 11) is 0. The Hall–Kier alpha value is -0.340. The lowest BCUT2D eigenvalue weighted by Gasteiger charge is -2.11. The highest BCUT2D eigenvalue weighted by Crippen LogP contribution is 2.24. The van der Waals surface area contributed by atoms with E-state index >= 15 is 0 Å². The van der Waals surface area contributed by atoms with Gasteiger partial charge in [-0.1, -0.05) is 13.0 Å². The van der Waals surface area contributed by atoms with Crippen molar-refractivity contribution in [1.82, 2.24) is 5.32 Å². The molecule has 1 aromatic heterocycles. The second kappa shape index (κ2) is 5.66. The Kier molecular flexibility index (Phi) is 4.21. The molecule has 0 saturated heterocycles. The summed E-state index contributed by atoms with van der Waals surface area (Å²) in [5, 5.41) is 5.85. The van der Waals surface area contributed by atoms with E-state index in [1.165, 1.54) is 43.5 Å². The van der Waals surface area contributed by atoms with Crippen molar-refractivity contribution in [2.24, 2.45) is 5.92 Å². The van der Waals surface area contributed by atoms with Crippen LogP contribution in [0, 0.1) is 5.92 Å². The van der Waals surface area contributed by atoms with Gasteiger partial charge in [-0.25, -0.2) is 0 Å². The van der Waals surface area contributed by atoms with Crippen molar-refractivity contribution in [2.75, 3.05) is 6.54 Å². The molecule has 1 nitrogen and oxygen atoms in total. The Balaban J connectivity index is 1.55. The molecule has 15 heavy (non-hydrogen) atoms. The molecule has 0 bridgehead atoms. The third-order valence-corrected chi connectivity index (χ3v) is 4.24. The Bertz CT molecular complexity index is 268. The minimum atomic E-state index is 0.809. The van der Waals surface area contributed by atoms with Crippen molar-refractivity contribution >= 4 is 11.3 Å². The average Bonchev–Trinajstić information content (AvgIpc) is 2.84. The van der Waals surface area contributed by atoms with Crippen molar-refractivity contribution in [1.29, 1.82) is 0 Å². The van der Waals surface area contributed by atoms with E-state index in [2.05, 4.69) is 29.8 Å². The van der Waals surface area contributed by atoms with Crippen molar-refractivity contribution in [3.63, 3.8) is 0 Å². The number of nitrogens with one attached hydrogen (secondary N) is 1. The van der Waals surface area contributed by atoms with E-state index in [0.717, 1.165) is 12.0 Å². The number of hydrogen-bond acceptors (Lipinski definition) is 2. The zero-order valence-corrected chi connectivity index (χ0v) is 10.4. The highest BCUT2D eigenvalue weighted by atomic mass is 32.1. The van der Waals surface area contributed by atoms with Crippen molar-refractivity contribution in [2.45, 2.75) is 45.1 Å². The number of aryl methyl sites for hydroxylation is 1. The van der Waals surface area contributed by atoms with Gasteiger partial charge < -0.3 is 5.32 Å². The molecule has 1 aliphatic carbocycles. The largest absolute Gasteiger partial charge is 0.314 e. The molecule has 1 heterocycles. The molecule has 2 rings (SSSR count). The van der Waals surface area contributed by atoms with Crippen LogP contribution in [0.25, 0.3) is 0 Å². The molecule has 84 valence electrons. The molecule has 0 aromatic carbocycles. The first-order valence-electron chi connectivity index (χ1n) is 6.10. The zero-order valence-electron chi connectivity index (χ0n) is 9.54. The molecular formula is C13H21NS. The van der Waals surface area contributed by atoms with Crippen LogP contribution < -0.4 is 5.32 Å². The Labute approximate surface area is 96.9 Å². The van der Waals surface area contributed by atoms with Gasteiger partial charge in [0.1, 0.15) is 0 Å². The van der Waals surface area contributed by atoms with Crippen LogP contribution in [0.2, 0.25) is 0 Å². The third kappa shape index (κ3) is 3.62. The minimum Gasteiger partial charge on any atom is -0.314 e. The van der Waals surface area contributed by atoms with Gasteiger partial charge >= 0.3 is 0 Å². The van der Waals surface area contributed by atoms with Crippen molar-refractivity contribution in [3.05, 3.63) is 22.4 Å². The van der Waals surface area contributed by atoms with Crippen molar-refractivity contribution < 1.29 is 0 Å². The fourth-order valence-electron chi connectivity index (χ4n) is 2.42. The van der Waals surface area contributed by atoms with Gasteiger partial charge in [0.05, 0.1) is 0 Å². The summed E-state index contributed by atoms with van der Waals surface area (Å²) in [6.45, 7) is 3.56. The first-order valence-corrected chi connectivity index (χ1v) is 6.98. The molecule has 1 aromatic rings. The van der Waals surface area contributed by atoms with Gasteiger partial charge in [-0.3, -0.25) is 0 Å². The summed E-state index contributed by atoms with van der Waals surface area (Å²) in [5.41, 5.74) is 0. The normalized spacial score (nSPS) is 25.9. The predicted octanol–water partition coefficient (Wildman–Crippen LogP) is 3.46. The molecule has 1 saturated carbocycles. The van der Waals surface area contributed by atoms with Crippen LogP contribution >= 0.6 is 11.3 Å². The fraction of sp³-hybridized carbons (Fsp3) is 0.692. The summed E-state index contributed by atoms with van der Waals surface area (Å²) in [4.78, 5) is 1.52. The van der Waals surface area contributed by atoms with Gasteiger partial charge in [-0.15, -0.1) is 11.3 Å². The lowest BCUT2D eigenvalue weighted by Crippen LogP contribution is -2.27. The fourth-order valence-corrected chi connectivity index (χ4v) is 3.17. The van der Waals surface area contributed by atoms with Gasteiger partial charge in [-0.05, 0) is 56.0 Å². The standard InChI is InChI=1S/C13H21NS/c1-11-6-7-12(10-11)14-8-2-4-13-5-3-9-15-13/h3,5,9,11-12,14H,2,4,6-8,10H2,1H3. The van der Waals surface area contributed by atoms with E-state index in [1.54, 1.807) is 0 Å². The summed E-state index contributed by atoms with van der Waals surface area (Å²) in [6.07, 6.45) is 6.72. The lowest BCUT2D eigenvalue weighted by molar-refractivity contribution is 0.497. The van der Waals surface area contributed by atoms with Crippen LogP contribution in [0.4, 0.5) is 0 Å². The maximum atomic E-state index is 3.68. The van der Waals surface area contributed by atoms with Crippen LogP contribution in [0.15, 0.2) is 17.5 Å².